The van der Waals surface area contributed by atoms with Gasteiger partial charge in [0.05, 0.1) is 21.1 Å². The number of aliphatic hydroxyl groups excluding tert-OH is 2. The van der Waals surface area contributed by atoms with Crippen LogP contribution in [0.5, 0.6) is 0 Å². The summed E-state index contributed by atoms with van der Waals surface area (Å²) in [5, 5.41) is 19.0. The Morgan fingerprint density at radius 2 is 2.06 bits per heavy atom. The van der Waals surface area contributed by atoms with E-state index in [-0.39, 0.29) is 26.0 Å². The molecule has 0 aromatic carbocycles. The first kappa shape index (κ1) is 16.2. The van der Waals surface area contributed by atoms with Crippen LogP contribution in [0.1, 0.15) is 39.5 Å². The zero-order valence-corrected chi connectivity index (χ0v) is 12.0. The van der Waals surface area contributed by atoms with Crippen LogP contribution in [0.3, 0.4) is 0 Å². The minimum Gasteiger partial charge on any atom is -0.515 e. The standard InChI is InChI=1S/C11H23O3SSi/c1-3-5-6-7-10(15)16-11(13)9(8-12)14-4-2/h9-10,12-13,15H,3-8H2,1-2H3. The number of ether oxygens (including phenoxy) is 1. The van der Waals surface area contributed by atoms with E-state index in [9.17, 15) is 5.11 Å². The van der Waals surface area contributed by atoms with Gasteiger partial charge in [-0.25, -0.2) is 0 Å². The van der Waals surface area contributed by atoms with Crippen LogP contribution in [-0.4, -0.2) is 48.9 Å². The normalized spacial score (nSPS) is 16.1. The van der Waals surface area contributed by atoms with Crippen LogP contribution in [0, 0.1) is 0 Å². The summed E-state index contributed by atoms with van der Waals surface area (Å²) in [7, 11) is 0.239. The Balaban J connectivity index is 4.05. The van der Waals surface area contributed by atoms with Crippen LogP contribution in [-0.2, 0) is 4.74 Å². The van der Waals surface area contributed by atoms with E-state index >= 15 is 0 Å². The number of hydrogen-bond acceptors (Lipinski definition) is 4. The molecule has 5 heteroatoms. The van der Waals surface area contributed by atoms with Gasteiger partial charge in [0.15, 0.2) is 0 Å². The second-order valence-electron chi connectivity index (χ2n) is 3.67. The van der Waals surface area contributed by atoms with E-state index < -0.39 is 6.10 Å². The van der Waals surface area contributed by atoms with Crippen molar-refractivity contribution in [3.8, 4) is 0 Å². The van der Waals surface area contributed by atoms with Gasteiger partial charge in [0.2, 0.25) is 0 Å². The molecule has 0 spiro atoms. The first-order valence-corrected chi connectivity index (χ1v) is 7.47. The molecule has 0 rings (SSSR count). The van der Waals surface area contributed by atoms with Crippen molar-refractivity contribution in [2.45, 2.75) is 50.5 Å². The lowest BCUT2D eigenvalue weighted by atomic mass is 10.2. The SMILES string of the molecule is CCCCCC(S)[Si]=C(O)C(CO)OCC. The van der Waals surface area contributed by atoms with Gasteiger partial charge in [-0.05, 0) is 13.3 Å². The Morgan fingerprint density at radius 1 is 1.38 bits per heavy atom. The largest absolute Gasteiger partial charge is 0.515 e. The summed E-state index contributed by atoms with van der Waals surface area (Å²) >= 11 is 4.44. The highest BCUT2D eigenvalue weighted by atomic mass is 32.1. The van der Waals surface area contributed by atoms with E-state index in [1.54, 1.807) is 0 Å². The molecule has 0 aliphatic rings. The van der Waals surface area contributed by atoms with E-state index in [0.717, 1.165) is 12.8 Å². The summed E-state index contributed by atoms with van der Waals surface area (Å²) < 4.78 is 5.22. The van der Waals surface area contributed by atoms with Gasteiger partial charge in [-0.2, -0.15) is 12.6 Å². The summed E-state index contributed by atoms with van der Waals surface area (Å²) in [6.45, 7) is 4.34. The zero-order valence-electron chi connectivity index (χ0n) is 10.1. The molecule has 0 saturated heterocycles. The molecule has 16 heavy (non-hydrogen) atoms. The van der Waals surface area contributed by atoms with E-state index in [4.69, 9.17) is 9.84 Å². The molecule has 0 bridgehead atoms. The van der Waals surface area contributed by atoms with Gasteiger partial charge in [-0.15, -0.1) is 0 Å². The molecule has 0 aliphatic heterocycles. The van der Waals surface area contributed by atoms with Crippen molar-refractivity contribution >= 4 is 27.1 Å². The fourth-order valence-electron chi connectivity index (χ4n) is 1.34. The van der Waals surface area contributed by atoms with Crippen molar-refractivity contribution in [3.05, 3.63) is 0 Å². The van der Waals surface area contributed by atoms with Gasteiger partial charge in [0.1, 0.15) is 6.10 Å². The third-order valence-corrected chi connectivity index (χ3v) is 4.12. The van der Waals surface area contributed by atoms with Crippen molar-refractivity contribution in [1.29, 1.82) is 0 Å². The van der Waals surface area contributed by atoms with Crippen molar-refractivity contribution in [2.75, 3.05) is 13.2 Å². The fourth-order valence-corrected chi connectivity index (χ4v) is 2.97. The van der Waals surface area contributed by atoms with Gasteiger partial charge in [0, 0.05) is 11.5 Å². The summed E-state index contributed by atoms with van der Waals surface area (Å²) in [6, 6.07) is 0. The lowest BCUT2D eigenvalue weighted by Gasteiger charge is -2.14. The van der Waals surface area contributed by atoms with Crippen molar-refractivity contribution < 1.29 is 14.9 Å². The van der Waals surface area contributed by atoms with E-state index in [0.29, 0.717) is 6.61 Å². The third kappa shape index (κ3) is 7.43. The van der Waals surface area contributed by atoms with E-state index in [2.05, 4.69) is 19.6 Å². The minimum absolute atomic E-state index is 0.165. The predicted octanol–water partition coefficient (Wildman–Crippen LogP) is 1.43. The molecule has 0 saturated carbocycles. The van der Waals surface area contributed by atoms with Gasteiger partial charge in [-0.3, -0.25) is 0 Å². The lowest BCUT2D eigenvalue weighted by molar-refractivity contribution is 0.0545. The maximum Gasteiger partial charge on any atom is 0.132 e. The fraction of sp³-hybridized carbons (Fsp3) is 0.909. The average Bonchev–Trinajstić information content (AvgIpc) is 2.26. The number of thiol groups is 1. The Kier molecular flexibility index (Phi) is 10.4. The number of hydrogen-bond donors (Lipinski definition) is 3. The van der Waals surface area contributed by atoms with Crippen LogP contribution < -0.4 is 0 Å². The second kappa shape index (κ2) is 10.3. The van der Waals surface area contributed by atoms with Crippen LogP contribution in [0.15, 0.2) is 0 Å². The Bertz CT molecular complexity index is 200. The molecule has 2 atom stereocenters. The summed E-state index contributed by atoms with van der Waals surface area (Å²) in [5.41, 5.74) is 0. The Morgan fingerprint density at radius 3 is 2.56 bits per heavy atom. The molecular formula is C11H23O3SSi. The van der Waals surface area contributed by atoms with Gasteiger partial charge < -0.3 is 14.9 Å². The highest BCUT2D eigenvalue weighted by Crippen LogP contribution is 2.06. The smallest absolute Gasteiger partial charge is 0.132 e. The second-order valence-corrected chi connectivity index (χ2v) is 6.27. The molecule has 95 valence electrons. The molecular weight excluding hydrogens is 240 g/mol. The zero-order chi connectivity index (χ0) is 12.4. The van der Waals surface area contributed by atoms with E-state index in [1.165, 1.54) is 12.8 Å². The average molecular weight is 263 g/mol. The molecule has 0 aromatic heterocycles. The van der Waals surface area contributed by atoms with Gasteiger partial charge >= 0.3 is 0 Å². The molecule has 2 unspecified atom stereocenters. The topological polar surface area (TPSA) is 49.7 Å². The summed E-state index contributed by atoms with van der Waals surface area (Å²) in [6.07, 6.45) is 4.01. The first-order valence-electron chi connectivity index (χ1n) is 5.88. The highest BCUT2D eigenvalue weighted by molar-refractivity contribution is 7.82. The predicted molar refractivity (Wildman–Crippen MR) is 72.1 cm³/mol. The van der Waals surface area contributed by atoms with Crippen molar-refractivity contribution in [3.63, 3.8) is 0 Å². The Hall–Kier alpha value is 0.157. The highest BCUT2D eigenvalue weighted by Gasteiger charge is 2.13. The van der Waals surface area contributed by atoms with Crippen molar-refractivity contribution in [2.24, 2.45) is 0 Å². The molecule has 0 aromatic rings. The first-order chi connectivity index (χ1) is 7.65. The lowest BCUT2D eigenvalue weighted by Crippen LogP contribution is -2.32. The third-order valence-electron chi connectivity index (χ3n) is 2.23. The van der Waals surface area contributed by atoms with Crippen LogP contribution in [0.25, 0.3) is 0 Å². The Labute approximate surface area is 106 Å². The molecule has 2 N–H and O–H groups in total. The van der Waals surface area contributed by atoms with Gasteiger partial charge in [0.25, 0.3) is 0 Å². The minimum atomic E-state index is -0.538. The molecule has 0 amide bonds. The van der Waals surface area contributed by atoms with Gasteiger partial charge in [-0.1, -0.05) is 26.2 Å². The maximum atomic E-state index is 9.76. The number of aliphatic hydroxyl groups is 2. The van der Waals surface area contributed by atoms with Crippen molar-refractivity contribution in [1.82, 2.24) is 0 Å². The molecule has 0 aliphatic carbocycles. The quantitative estimate of drug-likeness (QED) is 0.335. The number of rotatable bonds is 9. The summed E-state index contributed by atoms with van der Waals surface area (Å²) in [4.78, 5) is 0.182. The maximum absolute atomic E-state index is 9.76. The van der Waals surface area contributed by atoms with Crippen LogP contribution >= 0.6 is 12.6 Å². The van der Waals surface area contributed by atoms with Crippen LogP contribution in [0.4, 0.5) is 0 Å². The number of unbranched alkanes of at least 4 members (excludes halogenated alkanes) is 2. The van der Waals surface area contributed by atoms with E-state index in [1.807, 2.05) is 6.92 Å². The summed E-state index contributed by atoms with van der Waals surface area (Å²) in [5.74, 6) is 0. The molecule has 0 fully saturated rings. The molecule has 0 heterocycles. The monoisotopic (exact) mass is 263 g/mol. The van der Waals surface area contributed by atoms with Crippen LogP contribution in [0.2, 0.25) is 0 Å². The molecule has 1 radical (unpaired) electrons. The molecule has 3 nitrogen and oxygen atoms in total.